The summed E-state index contributed by atoms with van der Waals surface area (Å²) in [5, 5.41) is 0. The summed E-state index contributed by atoms with van der Waals surface area (Å²) in [4.78, 5) is 2.59. The molecule has 3 rings (SSSR count). The molecule has 1 aromatic rings. The Labute approximate surface area is 104 Å². The first-order valence-corrected chi connectivity index (χ1v) is 6.87. The van der Waals surface area contributed by atoms with Gasteiger partial charge in [-0.15, -0.1) is 0 Å². The molecule has 2 aliphatic rings. The van der Waals surface area contributed by atoms with Gasteiger partial charge in [0.2, 0.25) is 0 Å². The molecule has 0 saturated carbocycles. The fourth-order valence-corrected chi connectivity index (χ4v) is 3.59. The van der Waals surface area contributed by atoms with E-state index in [0.29, 0.717) is 5.92 Å². The lowest BCUT2D eigenvalue weighted by molar-refractivity contribution is 0.627. The highest BCUT2D eigenvalue weighted by Crippen LogP contribution is 2.42. The van der Waals surface area contributed by atoms with Crippen molar-refractivity contribution in [1.29, 1.82) is 0 Å². The van der Waals surface area contributed by atoms with Crippen molar-refractivity contribution in [2.24, 2.45) is 0 Å². The van der Waals surface area contributed by atoms with Gasteiger partial charge in [-0.05, 0) is 54.4 Å². The molecule has 0 aromatic heterocycles. The molecule has 1 aromatic carbocycles. The van der Waals surface area contributed by atoms with E-state index in [4.69, 9.17) is 5.73 Å². The molecule has 0 radical (unpaired) electrons. The number of rotatable bonds is 1. The zero-order valence-electron chi connectivity index (χ0n) is 10.9. The molecule has 92 valence electrons. The van der Waals surface area contributed by atoms with Crippen molar-refractivity contribution < 1.29 is 0 Å². The molecule has 2 heterocycles. The summed E-state index contributed by atoms with van der Waals surface area (Å²) in [5.41, 5.74) is 13.3. The Balaban J connectivity index is 2.24. The van der Waals surface area contributed by atoms with Crippen LogP contribution in [0.25, 0.3) is 0 Å². The van der Waals surface area contributed by atoms with Crippen LogP contribution in [0, 0.1) is 0 Å². The molecule has 0 atom stereocenters. The molecular weight excluding hydrogens is 208 g/mol. The minimum Gasteiger partial charge on any atom is -0.398 e. The molecule has 0 unspecified atom stereocenters. The predicted molar refractivity (Wildman–Crippen MR) is 73.8 cm³/mol. The molecule has 0 bridgehead atoms. The van der Waals surface area contributed by atoms with Crippen LogP contribution in [0.15, 0.2) is 6.07 Å². The van der Waals surface area contributed by atoms with Gasteiger partial charge in [0.15, 0.2) is 0 Å². The Morgan fingerprint density at radius 2 is 1.88 bits per heavy atom. The Morgan fingerprint density at radius 1 is 1.18 bits per heavy atom. The van der Waals surface area contributed by atoms with Crippen LogP contribution in [0.1, 0.15) is 49.3 Å². The van der Waals surface area contributed by atoms with Crippen LogP contribution in [0.5, 0.6) is 0 Å². The van der Waals surface area contributed by atoms with Crippen molar-refractivity contribution in [3.63, 3.8) is 0 Å². The van der Waals surface area contributed by atoms with Gasteiger partial charge in [0, 0.05) is 24.5 Å². The van der Waals surface area contributed by atoms with Crippen molar-refractivity contribution in [3.05, 3.63) is 22.8 Å². The Kier molecular flexibility index (Phi) is 2.53. The smallest absolute Gasteiger partial charge is 0.0435 e. The normalized spacial score (nSPS) is 18.4. The molecule has 0 saturated heterocycles. The van der Waals surface area contributed by atoms with Crippen LogP contribution >= 0.6 is 0 Å². The molecule has 0 aliphatic carbocycles. The van der Waals surface area contributed by atoms with Gasteiger partial charge in [-0.25, -0.2) is 0 Å². The van der Waals surface area contributed by atoms with Crippen LogP contribution < -0.4 is 10.6 Å². The summed E-state index contributed by atoms with van der Waals surface area (Å²) in [7, 11) is 0. The highest BCUT2D eigenvalue weighted by Gasteiger charge is 2.27. The average Bonchev–Trinajstić information content (AvgIpc) is 2.28. The number of nitrogens with zero attached hydrogens (tertiary/aromatic N) is 1. The summed E-state index contributed by atoms with van der Waals surface area (Å²) in [6.45, 7) is 7.00. The largest absolute Gasteiger partial charge is 0.398 e. The van der Waals surface area contributed by atoms with Crippen molar-refractivity contribution >= 4 is 11.4 Å². The van der Waals surface area contributed by atoms with Gasteiger partial charge in [-0.2, -0.15) is 0 Å². The first-order valence-electron chi connectivity index (χ1n) is 6.87. The number of aryl methyl sites for hydroxylation is 1. The molecule has 2 N–H and O–H groups in total. The average molecular weight is 230 g/mol. The monoisotopic (exact) mass is 230 g/mol. The van der Waals surface area contributed by atoms with Gasteiger partial charge < -0.3 is 10.6 Å². The van der Waals surface area contributed by atoms with E-state index < -0.39 is 0 Å². The first kappa shape index (κ1) is 10.9. The number of nitrogens with two attached hydrogens (primary N) is 1. The van der Waals surface area contributed by atoms with Crippen LogP contribution in [0.2, 0.25) is 0 Å². The Bertz CT molecular complexity index is 447. The van der Waals surface area contributed by atoms with Crippen LogP contribution in [-0.2, 0) is 12.8 Å². The fraction of sp³-hybridized carbons (Fsp3) is 0.600. The summed E-state index contributed by atoms with van der Waals surface area (Å²) in [5.74, 6) is 0.539. The number of anilines is 2. The maximum atomic E-state index is 6.27. The molecule has 0 fully saturated rings. The quantitative estimate of drug-likeness (QED) is 0.751. The number of hydrogen-bond donors (Lipinski definition) is 1. The maximum absolute atomic E-state index is 6.27. The third-order valence-electron chi connectivity index (χ3n) is 4.18. The van der Waals surface area contributed by atoms with E-state index >= 15 is 0 Å². The summed E-state index contributed by atoms with van der Waals surface area (Å²) >= 11 is 0. The fourth-order valence-electron chi connectivity index (χ4n) is 3.59. The third kappa shape index (κ3) is 1.62. The molecule has 2 aliphatic heterocycles. The van der Waals surface area contributed by atoms with Crippen molar-refractivity contribution in [1.82, 2.24) is 0 Å². The second-order valence-corrected chi connectivity index (χ2v) is 5.71. The van der Waals surface area contributed by atoms with Crippen molar-refractivity contribution in [2.75, 3.05) is 23.7 Å². The topological polar surface area (TPSA) is 29.3 Å². The van der Waals surface area contributed by atoms with E-state index in [-0.39, 0.29) is 0 Å². The van der Waals surface area contributed by atoms with Gasteiger partial charge >= 0.3 is 0 Å². The maximum Gasteiger partial charge on any atom is 0.0435 e. The zero-order chi connectivity index (χ0) is 12.0. The summed E-state index contributed by atoms with van der Waals surface area (Å²) in [6, 6.07) is 2.24. The van der Waals surface area contributed by atoms with E-state index in [1.54, 1.807) is 11.3 Å². The molecule has 0 amide bonds. The minimum atomic E-state index is 0.539. The summed E-state index contributed by atoms with van der Waals surface area (Å²) in [6.07, 6.45) is 5.00. The lowest BCUT2D eigenvalue weighted by atomic mass is 9.84. The first-order chi connectivity index (χ1) is 8.18. The minimum absolute atomic E-state index is 0.539. The standard InChI is InChI=1S/C15H22N2/c1-10(2)14-12-6-4-8-17-7-3-5-11(15(12)17)9-13(14)16/h9-10H,3-8,16H2,1-2H3. The van der Waals surface area contributed by atoms with Gasteiger partial charge in [-0.3, -0.25) is 0 Å². The van der Waals surface area contributed by atoms with Crippen molar-refractivity contribution in [3.8, 4) is 0 Å². The number of hydrogen-bond acceptors (Lipinski definition) is 2. The van der Waals surface area contributed by atoms with Crippen LogP contribution in [0.4, 0.5) is 11.4 Å². The number of benzene rings is 1. The molecule has 2 heteroatoms. The van der Waals surface area contributed by atoms with E-state index in [1.165, 1.54) is 49.9 Å². The van der Waals surface area contributed by atoms with Gasteiger partial charge in [0.05, 0.1) is 0 Å². The molecular formula is C15H22N2. The molecule has 2 nitrogen and oxygen atoms in total. The highest BCUT2D eigenvalue weighted by atomic mass is 15.1. The van der Waals surface area contributed by atoms with Crippen molar-refractivity contribution in [2.45, 2.75) is 45.4 Å². The van der Waals surface area contributed by atoms with E-state index in [9.17, 15) is 0 Å². The van der Waals surface area contributed by atoms with Gasteiger partial charge in [-0.1, -0.05) is 13.8 Å². The van der Waals surface area contributed by atoms with E-state index in [1.807, 2.05) is 0 Å². The highest BCUT2D eigenvalue weighted by molar-refractivity contribution is 5.72. The number of nitrogen functional groups attached to an aromatic ring is 1. The third-order valence-corrected chi connectivity index (χ3v) is 4.18. The van der Waals surface area contributed by atoms with E-state index in [0.717, 1.165) is 5.69 Å². The van der Waals surface area contributed by atoms with Gasteiger partial charge in [0.25, 0.3) is 0 Å². The lowest BCUT2D eigenvalue weighted by Crippen LogP contribution is -2.35. The second kappa shape index (κ2) is 3.94. The second-order valence-electron chi connectivity index (χ2n) is 5.71. The predicted octanol–water partition coefficient (Wildman–Crippen LogP) is 3.09. The Hall–Kier alpha value is -1.18. The zero-order valence-corrected chi connectivity index (χ0v) is 10.9. The summed E-state index contributed by atoms with van der Waals surface area (Å²) < 4.78 is 0. The van der Waals surface area contributed by atoms with Gasteiger partial charge in [0.1, 0.15) is 0 Å². The van der Waals surface area contributed by atoms with Crippen LogP contribution in [-0.4, -0.2) is 13.1 Å². The van der Waals surface area contributed by atoms with E-state index in [2.05, 4.69) is 24.8 Å². The molecule has 17 heavy (non-hydrogen) atoms. The van der Waals surface area contributed by atoms with Crippen LogP contribution in [0.3, 0.4) is 0 Å². The lowest BCUT2D eigenvalue weighted by Gasteiger charge is -2.38. The SMILES string of the molecule is CC(C)c1c(N)cc2c3c1CCCN3CCC2. The Morgan fingerprint density at radius 3 is 2.59 bits per heavy atom. The molecule has 0 spiro atoms.